The maximum Gasteiger partial charge on any atom is 0.416 e. The topological polar surface area (TPSA) is 50.9 Å². The molecule has 3 aliphatic carbocycles. The fraction of sp³-hybridized carbons (Fsp3) is 0.643. The van der Waals surface area contributed by atoms with E-state index in [1.54, 1.807) is 0 Å². The van der Waals surface area contributed by atoms with Crippen LogP contribution in [-0.4, -0.2) is 11.0 Å². The van der Waals surface area contributed by atoms with Gasteiger partial charge in [0.05, 0.1) is 5.56 Å². The van der Waals surface area contributed by atoms with Gasteiger partial charge < -0.3 is 11.1 Å². The molecule has 0 aliphatic heterocycles. The Morgan fingerprint density at radius 3 is 2.40 bits per heavy atom. The van der Waals surface area contributed by atoms with Crippen molar-refractivity contribution in [1.29, 1.82) is 0 Å². The van der Waals surface area contributed by atoms with Crippen molar-refractivity contribution in [3.05, 3.63) is 17.7 Å². The summed E-state index contributed by atoms with van der Waals surface area (Å²) in [6, 6.07) is 2.24. The number of aromatic nitrogens is 1. The molecule has 3 nitrogen and oxygen atoms in total. The summed E-state index contributed by atoms with van der Waals surface area (Å²) in [7, 11) is 0. The van der Waals surface area contributed by atoms with E-state index in [1.807, 2.05) is 0 Å². The molecule has 0 radical (unpaired) electrons. The molecule has 4 rings (SSSR count). The second-order valence-electron chi connectivity index (χ2n) is 6.32. The number of hydrogen-bond acceptors (Lipinski definition) is 3. The number of rotatable bonds is 2. The summed E-state index contributed by atoms with van der Waals surface area (Å²) in [6.45, 7) is 0. The lowest BCUT2D eigenvalue weighted by molar-refractivity contribution is -0.137. The Hall–Kier alpha value is -1.46. The van der Waals surface area contributed by atoms with Crippen molar-refractivity contribution in [2.75, 3.05) is 11.1 Å². The SMILES string of the molecule is Nc1cc(C(F)(F)F)cc(NC2C3C4CCC(C4)C23)n1. The number of halogens is 3. The van der Waals surface area contributed by atoms with Gasteiger partial charge in [-0.2, -0.15) is 13.2 Å². The molecule has 1 aromatic rings. The first kappa shape index (κ1) is 12.3. The molecular weight excluding hydrogens is 267 g/mol. The minimum Gasteiger partial charge on any atom is -0.384 e. The van der Waals surface area contributed by atoms with Gasteiger partial charge in [0.15, 0.2) is 0 Å². The molecule has 4 atom stereocenters. The molecule has 20 heavy (non-hydrogen) atoms. The van der Waals surface area contributed by atoms with Crippen LogP contribution in [0.2, 0.25) is 0 Å². The highest BCUT2D eigenvalue weighted by Crippen LogP contribution is 2.66. The molecule has 0 amide bonds. The van der Waals surface area contributed by atoms with E-state index in [-0.39, 0.29) is 11.6 Å². The minimum atomic E-state index is -4.38. The van der Waals surface area contributed by atoms with Gasteiger partial charge in [-0.3, -0.25) is 0 Å². The largest absolute Gasteiger partial charge is 0.416 e. The fourth-order valence-corrected chi connectivity index (χ4v) is 4.48. The van der Waals surface area contributed by atoms with E-state index in [0.29, 0.717) is 17.9 Å². The van der Waals surface area contributed by atoms with Crippen LogP contribution in [0.1, 0.15) is 24.8 Å². The summed E-state index contributed by atoms with van der Waals surface area (Å²) in [4.78, 5) is 3.99. The van der Waals surface area contributed by atoms with Crippen molar-refractivity contribution in [2.24, 2.45) is 23.7 Å². The first-order chi connectivity index (χ1) is 9.43. The Morgan fingerprint density at radius 2 is 1.80 bits per heavy atom. The van der Waals surface area contributed by atoms with Gasteiger partial charge in [0, 0.05) is 6.04 Å². The van der Waals surface area contributed by atoms with Crippen LogP contribution in [0.3, 0.4) is 0 Å². The van der Waals surface area contributed by atoms with Crippen LogP contribution in [0.25, 0.3) is 0 Å². The predicted molar refractivity (Wildman–Crippen MR) is 68.9 cm³/mol. The second kappa shape index (κ2) is 3.80. The number of nitrogens with two attached hydrogens (primary N) is 1. The zero-order valence-corrected chi connectivity index (χ0v) is 10.8. The fourth-order valence-electron chi connectivity index (χ4n) is 4.48. The maximum atomic E-state index is 12.8. The smallest absolute Gasteiger partial charge is 0.384 e. The summed E-state index contributed by atoms with van der Waals surface area (Å²) >= 11 is 0. The van der Waals surface area contributed by atoms with Crippen molar-refractivity contribution >= 4 is 11.6 Å². The molecule has 3 N–H and O–H groups in total. The lowest BCUT2D eigenvalue weighted by Crippen LogP contribution is -2.15. The Balaban J connectivity index is 1.54. The van der Waals surface area contributed by atoms with Crippen molar-refractivity contribution in [1.82, 2.24) is 4.98 Å². The highest BCUT2D eigenvalue weighted by Gasteiger charge is 2.65. The minimum absolute atomic E-state index is 0.0869. The monoisotopic (exact) mass is 283 g/mol. The van der Waals surface area contributed by atoms with Gasteiger partial charge >= 0.3 is 6.18 Å². The molecule has 1 heterocycles. The Labute approximate surface area is 114 Å². The number of fused-ring (bicyclic) bond motifs is 5. The Morgan fingerprint density at radius 1 is 1.15 bits per heavy atom. The van der Waals surface area contributed by atoms with Gasteiger partial charge in [0.1, 0.15) is 11.6 Å². The molecule has 3 fully saturated rings. The normalized spacial score (nSPS) is 37.9. The van der Waals surface area contributed by atoms with Crippen LogP contribution in [0, 0.1) is 23.7 Å². The molecule has 2 bridgehead atoms. The van der Waals surface area contributed by atoms with Gasteiger partial charge in [-0.15, -0.1) is 0 Å². The van der Waals surface area contributed by atoms with E-state index in [4.69, 9.17) is 5.73 Å². The summed E-state index contributed by atoms with van der Waals surface area (Å²) in [6.07, 6.45) is -0.512. The molecular formula is C14H16F3N3. The molecule has 1 aromatic heterocycles. The molecule has 3 aliphatic rings. The number of hydrogen-bond donors (Lipinski definition) is 2. The van der Waals surface area contributed by atoms with Crippen LogP contribution in [0.4, 0.5) is 24.8 Å². The van der Waals surface area contributed by atoms with E-state index in [2.05, 4.69) is 10.3 Å². The first-order valence-electron chi connectivity index (χ1n) is 7.05. The summed E-state index contributed by atoms with van der Waals surface area (Å²) in [5.74, 6) is 3.00. The third kappa shape index (κ3) is 1.77. The van der Waals surface area contributed by atoms with E-state index >= 15 is 0 Å². The molecule has 0 saturated heterocycles. The number of pyridine rings is 1. The number of alkyl halides is 3. The number of nitrogens with zero attached hydrogens (tertiary/aromatic N) is 1. The number of nitrogens with one attached hydrogen (secondary N) is 1. The van der Waals surface area contributed by atoms with E-state index in [1.165, 1.54) is 19.3 Å². The van der Waals surface area contributed by atoms with Crippen LogP contribution in [-0.2, 0) is 6.18 Å². The average molecular weight is 283 g/mol. The predicted octanol–water partition coefficient (Wildman–Crippen LogP) is 3.14. The molecule has 0 aromatic carbocycles. The molecule has 3 saturated carbocycles. The van der Waals surface area contributed by atoms with Crippen LogP contribution < -0.4 is 11.1 Å². The molecule has 6 heteroatoms. The quantitative estimate of drug-likeness (QED) is 0.876. The van der Waals surface area contributed by atoms with Gasteiger partial charge in [0.2, 0.25) is 0 Å². The van der Waals surface area contributed by atoms with E-state index in [0.717, 1.165) is 24.0 Å². The van der Waals surface area contributed by atoms with Gasteiger partial charge in [-0.05, 0) is 55.1 Å². The summed E-state index contributed by atoms with van der Waals surface area (Å²) in [5, 5.41) is 3.18. The van der Waals surface area contributed by atoms with E-state index < -0.39 is 11.7 Å². The average Bonchev–Trinajstić information content (AvgIpc) is 2.77. The van der Waals surface area contributed by atoms with Crippen molar-refractivity contribution < 1.29 is 13.2 Å². The molecule has 108 valence electrons. The van der Waals surface area contributed by atoms with Crippen LogP contribution in [0.15, 0.2) is 12.1 Å². The molecule has 4 unspecified atom stereocenters. The van der Waals surface area contributed by atoms with E-state index in [9.17, 15) is 13.2 Å². The van der Waals surface area contributed by atoms with Gasteiger partial charge in [-0.1, -0.05) is 0 Å². The summed E-state index contributed by atoms with van der Waals surface area (Å²) < 4.78 is 38.3. The zero-order chi connectivity index (χ0) is 14.1. The van der Waals surface area contributed by atoms with Crippen molar-refractivity contribution in [3.63, 3.8) is 0 Å². The van der Waals surface area contributed by atoms with Gasteiger partial charge in [0.25, 0.3) is 0 Å². The zero-order valence-electron chi connectivity index (χ0n) is 10.8. The number of anilines is 2. The standard InChI is InChI=1S/C14H16F3N3/c15-14(16,17)8-4-9(18)19-10(5-8)20-13-11-6-1-2-7(3-6)12(11)13/h4-7,11-13H,1-3H2,(H3,18,19,20). The third-order valence-electron chi connectivity index (χ3n) is 5.22. The summed E-state index contributed by atoms with van der Waals surface area (Å²) in [5.41, 5.74) is 4.75. The van der Waals surface area contributed by atoms with Crippen LogP contribution >= 0.6 is 0 Å². The van der Waals surface area contributed by atoms with Crippen LogP contribution in [0.5, 0.6) is 0 Å². The number of nitrogen functional groups attached to an aromatic ring is 1. The lowest BCUT2D eigenvalue weighted by atomic mass is 10.0. The van der Waals surface area contributed by atoms with Crippen molar-refractivity contribution in [3.8, 4) is 0 Å². The Bertz CT molecular complexity index is 541. The first-order valence-corrected chi connectivity index (χ1v) is 7.05. The molecule has 0 spiro atoms. The maximum absolute atomic E-state index is 12.8. The van der Waals surface area contributed by atoms with Gasteiger partial charge in [-0.25, -0.2) is 4.98 Å². The highest BCUT2D eigenvalue weighted by molar-refractivity contribution is 5.49. The third-order valence-corrected chi connectivity index (χ3v) is 5.22. The van der Waals surface area contributed by atoms with Crippen molar-refractivity contribution in [2.45, 2.75) is 31.5 Å². The highest BCUT2D eigenvalue weighted by atomic mass is 19.4. The Kier molecular flexibility index (Phi) is 2.34. The lowest BCUT2D eigenvalue weighted by Gasteiger charge is -2.13. The second-order valence-corrected chi connectivity index (χ2v) is 6.32.